The summed E-state index contributed by atoms with van der Waals surface area (Å²) >= 11 is 5.82. The third-order valence-corrected chi connectivity index (χ3v) is 3.12. The summed E-state index contributed by atoms with van der Waals surface area (Å²) in [7, 11) is 0. The second-order valence-corrected chi connectivity index (χ2v) is 4.61. The fourth-order valence-electron chi connectivity index (χ4n) is 1.90. The predicted octanol–water partition coefficient (Wildman–Crippen LogP) is -1.64. The summed E-state index contributed by atoms with van der Waals surface area (Å²) in [4.78, 5) is 12.4. The number of hydrogen-bond donors (Lipinski definition) is 2. The van der Waals surface area contributed by atoms with E-state index in [-0.39, 0.29) is 12.2 Å². The van der Waals surface area contributed by atoms with E-state index in [4.69, 9.17) is 17.4 Å². The van der Waals surface area contributed by atoms with Crippen molar-refractivity contribution in [1.29, 1.82) is 0 Å². The number of aromatic nitrogens is 3. The van der Waals surface area contributed by atoms with Crippen LogP contribution in [0.3, 0.4) is 0 Å². The van der Waals surface area contributed by atoms with Gasteiger partial charge in [0.25, 0.3) is 5.69 Å². The summed E-state index contributed by atoms with van der Waals surface area (Å²) in [5.41, 5.74) is 0.462. The van der Waals surface area contributed by atoms with Crippen molar-refractivity contribution in [1.82, 2.24) is 10.0 Å². The van der Waals surface area contributed by atoms with Crippen LogP contribution in [0.2, 0.25) is 5.02 Å². The summed E-state index contributed by atoms with van der Waals surface area (Å²) in [6.45, 7) is 0.172. The molecule has 1 aliphatic rings. The van der Waals surface area contributed by atoms with Gasteiger partial charge in [-0.05, 0) is 16.9 Å². The molecule has 0 atom stereocenters. The van der Waals surface area contributed by atoms with Crippen LogP contribution < -0.4 is 21.2 Å². The Morgan fingerprint density at radius 3 is 2.75 bits per heavy atom. The van der Waals surface area contributed by atoms with Gasteiger partial charge in [-0.15, -0.1) is 4.68 Å². The first-order valence-electron chi connectivity index (χ1n) is 5.64. The monoisotopic (exact) mass is 292 g/mol. The Hall–Kier alpha value is -2.61. The lowest BCUT2D eigenvalue weighted by molar-refractivity contribution is -0.743. The van der Waals surface area contributed by atoms with E-state index in [2.05, 4.69) is 15.4 Å². The van der Waals surface area contributed by atoms with Crippen molar-refractivity contribution in [3.8, 4) is 0 Å². The van der Waals surface area contributed by atoms with Crippen LogP contribution in [-0.2, 0) is 6.54 Å². The van der Waals surface area contributed by atoms with Crippen LogP contribution >= 0.6 is 11.6 Å². The van der Waals surface area contributed by atoms with Gasteiger partial charge >= 0.3 is 5.56 Å². The van der Waals surface area contributed by atoms with E-state index in [1.54, 1.807) is 24.3 Å². The van der Waals surface area contributed by atoms with Crippen LogP contribution in [0.25, 0.3) is 0 Å². The van der Waals surface area contributed by atoms with Gasteiger partial charge in [0.2, 0.25) is 0 Å². The first-order chi connectivity index (χ1) is 9.56. The minimum absolute atomic E-state index is 0.153. The average Bonchev–Trinajstić information content (AvgIpc) is 2.60. The molecular weight excluding hydrogens is 284 g/mol. The summed E-state index contributed by atoms with van der Waals surface area (Å²) in [6.07, 6.45) is 0. The van der Waals surface area contributed by atoms with Gasteiger partial charge in [-0.3, -0.25) is 0 Å². The fraction of sp³-hybridized carbons (Fsp3) is 0.0909. The van der Waals surface area contributed by atoms with Crippen molar-refractivity contribution >= 4 is 23.2 Å². The van der Waals surface area contributed by atoms with Crippen molar-refractivity contribution < 1.29 is 9.79 Å². The smallest absolute Gasteiger partial charge is 0.425 e. The van der Waals surface area contributed by atoms with E-state index in [9.17, 15) is 9.90 Å². The number of aromatic amines is 1. The molecule has 0 fully saturated rings. The molecule has 0 radical (unpaired) electrons. The molecule has 0 bridgehead atoms. The Bertz CT molecular complexity index is 786. The molecule has 3 rings (SSSR count). The van der Waals surface area contributed by atoms with Gasteiger partial charge in [-0.2, -0.15) is 10.2 Å². The summed E-state index contributed by atoms with van der Waals surface area (Å²) in [5.74, 6) is 4.68. The largest absolute Gasteiger partial charge is 0.854 e. The molecule has 1 aromatic carbocycles. The van der Waals surface area contributed by atoms with E-state index < -0.39 is 11.5 Å². The van der Waals surface area contributed by atoms with E-state index >= 15 is 0 Å². The number of rotatable bonds is 1. The van der Waals surface area contributed by atoms with Crippen molar-refractivity contribution in [2.45, 2.75) is 6.54 Å². The molecule has 2 aromatic rings. The van der Waals surface area contributed by atoms with E-state index in [0.717, 1.165) is 10.4 Å². The number of hydrogen-bond acceptors (Lipinski definition) is 5. The van der Waals surface area contributed by atoms with E-state index in [0.29, 0.717) is 10.7 Å². The predicted molar refractivity (Wildman–Crippen MR) is 69.9 cm³/mol. The zero-order valence-electron chi connectivity index (χ0n) is 10.1. The van der Waals surface area contributed by atoms with Gasteiger partial charge in [0.05, 0.1) is 5.90 Å². The second-order valence-electron chi connectivity index (χ2n) is 4.17. The molecule has 0 aliphatic carbocycles. The number of fused-ring (bicyclic) bond motifs is 1. The first kappa shape index (κ1) is 12.4. The first-order valence-corrected chi connectivity index (χ1v) is 6.02. The number of halogens is 1. The Balaban J connectivity index is 2.09. The maximum absolute atomic E-state index is 11.8. The molecular formula is C11H9ClN6O2. The minimum atomic E-state index is -0.737. The Kier molecular flexibility index (Phi) is 2.79. The molecule has 2 heterocycles. The molecule has 0 amide bonds. The number of nitrogen functional groups attached to an aromatic ring is 1. The van der Waals surface area contributed by atoms with Crippen molar-refractivity contribution in [2.75, 3.05) is 5.84 Å². The molecule has 3 N–H and O–H groups in total. The van der Waals surface area contributed by atoms with Crippen LogP contribution in [0, 0.1) is 0 Å². The van der Waals surface area contributed by atoms with Crippen LogP contribution in [0.15, 0.2) is 39.3 Å². The highest BCUT2D eigenvalue weighted by molar-refractivity contribution is 6.30. The maximum Gasteiger partial charge on any atom is 0.425 e. The van der Waals surface area contributed by atoms with Gasteiger partial charge in [0, 0.05) is 10.6 Å². The van der Waals surface area contributed by atoms with E-state index in [1.807, 2.05) is 0 Å². The standard InChI is InChI=1S/C11H9ClN6O2/c12-7-3-1-6(2-4-7)8-5-17-9(10(19)15-14-8)11(20)18(13)16-17/h1-4H,5H2,(H3-,13,15,16,19,20). The lowest BCUT2D eigenvalue weighted by Crippen LogP contribution is -2.47. The molecule has 0 saturated carbocycles. The maximum atomic E-state index is 11.8. The highest BCUT2D eigenvalue weighted by atomic mass is 35.5. The SMILES string of the molecule is Nn1[nH][n+]2c(c1=O)C([O-])=NN=C(c1ccc(Cl)cc1)C2. The molecule has 0 unspecified atom stereocenters. The Morgan fingerprint density at radius 2 is 2.05 bits per heavy atom. The Labute approximate surface area is 117 Å². The highest BCUT2D eigenvalue weighted by Gasteiger charge is 2.24. The molecule has 0 saturated heterocycles. The fourth-order valence-corrected chi connectivity index (χ4v) is 2.03. The second kappa shape index (κ2) is 4.49. The molecule has 8 nitrogen and oxygen atoms in total. The molecule has 0 spiro atoms. The van der Waals surface area contributed by atoms with Crippen LogP contribution in [0.1, 0.15) is 11.3 Å². The third-order valence-electron chi connectivity index (χ3n) is 2.87. The molecule has 102 valence electrons. The third kappa shape index (κ3) is 1.95. The number of nitrogens with zero attached hydrogens (tertiary/aromatic N) is 4. The van der Waals surface area contributed by atoms with Gasteiger partial charge in [-0.1, -0.05) is 28.9 Å². The topological polar surface area (TPSA) is 115 Å². The van der Waals surface area contributed by atoms with Crippen molar-refractivity contribution in [3.63, 3.8) is 0 Å². The zero-order valence-corrected chi connectivity index (χ0v) is 10.8. The average molecular weight is 293 g/mol. The van der Waals surface area contributed by atoms with Gasteiger partial charge in [0.15, 0.2) is 6.54 Å². The van der Waals surface area contributed by atoms with Crippen LogP contribution in [0.4, 0.5) is 0 Å². The van der Waals surface area contributed by atoms with Crippen LogP contribution in [-0.4, -0.2) is 21.6 Å². The number of nitrogens with two attached hydrogens (primary N) is 1. The zero-order chi connectivity index (χ0) is 14.3. The van der Waals surface area contributed by atoms with Gasteiger partial charge in [-0.25, -0.2) is 10.6 Å². The summed E-state index contributed by atoms with van der Waals surface area (Å²) < 4.78 is 1.31. The summed E-state index contributed by atoms with van der Waals surface area (Å²) in [6, 6.07) is 6.91. The molecule has 20 heavy (non-hydrogen) atoms. The van der Waals surface area contributed by atoms with Crippen LogP contribution in [0.5, 0.6) is 0 Å². The normalized spacial score (nSPS) is 14.2. The van der Waals surface area contributed by atoms with Crippen molar-refractivity contribution in [3.05, 3.63) is 50.9 Å². The van der Waals surface area contributed by atoms with Crippen molar-refractivity contribution in [2.24, 2.45) is 10.2 Å². The number of nitrogens with one attached hydrogen (secondary N) is 1. The number of H-pyrrole nitrogens is 1. The minimum Gasteiger partial charge on any atom is -0.854 e. The van der Waals surface area contributed by atoms with Gasteiger partial charge < -0.3 is 5.11 Å². The number of benzene rings is 1. The highest BCUT2D eigenvalue weighted by Crippen LogP contribution is 2.11. The molecule has 1 aliphatic heterocycles. The lowest BCUT2D eigenvalue weighted by Gasteiger charge is -2.02. The summed E-state index contributed by atoms with van der Waals surface area (Å²) in [5, 5.41) is 22.3. The quantitative estimate of drug-likeness (QED) is 0.485. The molecule has 1 aromatic heterocycles. The molecule has 9 heteroatoms. The lowest BCUT2D eigenvalue weighted by atomic mass is 10.1. The van der Waals surface area contributed by atoms with Gasteiger partial charge in [0.1, 0.15) is 5.71 Å². The Morgan fingerprint density at radius 1 is 1.35 bits per heavy atom. The van der Waals surface area contributed by atoms with E-state index in [1.165, 1.54) is 4.68 Å².